The van der Waals surface area contributed by atoms with Gasteiger partial charge >= 0.3 is 16.2 Å². The Morgan fingerprint density at radius 3 is 2.37 bits per heavy atom. The number of rotatable bonds is 3. The molecule has 8 heteroatoms. The Balaban J connectivity index is 1.82. The molecule has 0 bridgehead atoms. The van der Waals surface area contributed by atoms with Crippen LogP contribution in [0.25, 0.3) is 0 Å². The Bertz CT molecular complexity index is 400. The van der Waals surface area contributed by atoms with Gasteiger partial charge in [-0.2, -0.15) is 12.7 Å². The number of hydrogen-bond acceptors (Lipinski definition) is 4. The summed E-state index contributed by atoms with van der Waals surface area (Å²) in [6.07, 6.45) is 5.20. The van der Waals surface area contributed by atoms with E-state index in [1.165, 1.54) is 10.7 Å². The van der Waals surface area contributed by atoms with Crippen LogP contribution < -0.4 is 10.0 Å². The van der Waals surface area contributed by atoms with Gasteiger partial charge in [0.2, 0.25) is 0 Å². The van der Waals surface area contributed by atoms with Crippen LogP contribution in [0.2, 0.25) is 0 Å². The predicted octanol–water partition coefficient (Wildman–Crippen LogP) is 0.195. The average molecular weight is 291 g/mol. The molecule has 1 aliphatic heterocycles. The Labute approximate surface area is 113 Å². The van der Waals surface area contributed by atoms with Gasteiger partial charge in [0.25, 0.3) is 0 Å². The Hall–Kier alpha value is -0.860. The van der Waals surface area contributed by atoms with Crippen molar-refractivity contribution in [1.82, 2.24) is 14.3 Å². The number of urea groups is 1. The highest BCUT2D eigenvalue weighted by Gasteiger charge is 2.27. The molecule has 2 N–H and O–H groups in total. The highest BCUT2D eigenvalue weighted by atomic mass is 32.2. The minimum atomic E-state index is -3.74. The zero-order chi connectivity index (χ0) is 13.7. The van der Waals surface area contributed by atoms with Crippen LogP contribution >= 0.6 is 0 Å². The van der Waals surface area contributed by atoms with Crippen LogP contribution in [0, 0.1) is 0 Å². The fraction of sp³-hybridized carbons (Fsp3) is 0.909. The van der Waals surface area contributed by atoms with Crippen molar-refractivity contribution in [3.63, 3.8) is 0 Å². The summed E-state index contributed by atoms with van der Waals surface area (Å²) in [6, 6.07) is -0.535. The third-order valence-corrected chi connectivity index (χ3v) is 4.96. The number of carbonyl (C=O) groups excluding carboxylic acids is 1. The van der Waals surface area contributed by atoms with Crippen molar-refractivity contribution in [3.8, 4) is 0 Å². The summed E-state index contributed by atoms with van der Waals surface area (Å²) in [6.45, 7) is 1.30. The molecule has 0 spiro atoms. The van der Waals surface area contributed by atoms with Gasteiger partial charge in [0.05, 0.1) is 13.2 Å². The first-order valence-electron chi connectivity index (χ1n) is 6.74. The molecule has 2 aliphatic rings. The third-order valence-electron chi connectivity index (χ3n) is 3.47. The fourth-order valence-corrected chi connectivity index (χ4v) is 3.48. The maximum atomic E-state index is 11.9. The monoisotopic (exact) mass is 291 g/mol. The summed E-state index contributed by atoms with van der Waals surface area (Å²) in [7, 11) is -3.74. The second-order valence-corrected chi connectivity index (χ2v) is 6.60. The molecule has 0 aromatic rings. The minimum Gasteiger partial charge on any atom is -0.379 e. The summed E-state index contributed by atoms with van der Waals surface area (Å²) in [5, 5.41) is 2.73. The normalized spacial score (nSPS) is 22.9. The highest BCUT2D eigenvalue weighted by molar-refractivity contribution is 7.87. The van der Waals surface area contributed by atoms with Gasteiger partial charge in [-0.3, -0.25) is 0 Å². The first kappa shape index (κ1) is 14.5. The predicted molar refractivity (Wildman–Crippen MR) is 69.9 cm³/mol. The first-order valence-corrected chi connectivity index (χ1v) is 8.18. The van der Waals surface area contributed by atoms with Crippen LogP contribution in [0.3, 0.4) is 0 Å². The summed E-state index contributed by atoms with van der Waals surface area (Å²) in [5.41, 5.74) is 0. The molecular weight excluding hydrogens is 270 g/mol. The van der Waals surface area contributed by atoms with Crippen molar-refractivity contribution in [2.45, 2.75) is 38.1 Å². The van der Waals surface area contributed by atoms with E-state index in [0.717, 1.165) is 25.7 Å². The summed E-state index contributed by atoms with van der Waals surface area (Å²) >= 11 is 0. The minimum absolute atomic E-state index is 0.0913. The molecular formula is C11H21N3O4S. The van der Waals surface area contributed by atoms with Crippen LogP contribution in [0.15, 0.2) is 0 Å². The summed E-state index contributed by atoms with van der Waals surface area (Å²) in [5.74, 6) is 0. The zero-order valence-corrected chi connectivity index (χ0v) is 11.7. The Morgan fingerprint density at radius 1 is 1.11 bits per heavy atom. The topological polar surface area (TPSA) is 87.7 Å². The molecule has 1 saturated heterocycles. The van der Waals surface area contributed by atoms with Gasteiger partial charge in [-0.25, -0.2) is 9.52 Å². The van der Waals surface area contributed by atoms with Crippen molar-refractivity contribution in [2.24, 2.45) is 0 Å². The molecule has 2 fully saturated rings. The van der Waals surface area contributed by atoms with Crippen molar-refractivity contribution in [1.29, 1.82) is 0 Å². The summed E-state index contributed by atoms with van der Waals surface area (Å²) in [4.78, 5) is 11.7. The largest absolute Gasteiger partial charge is 0.379 e. The second kappa shape index (κ2) is 6.53. The molecule has 0 aromatic carbocycles. The van der Waals surface area contributed by atoms with Gasteiger partial charge < -0.3 is 10.1 Å². The lowest BCUT2D eigenvalue weighted by molar-refractivity contribution is 0.0726. The van der Waals surface area contributed by atoms with Crippen LogP contribution in [0.4, 0.5) is 4.79 Å². The Morgan fingerprint density at radius 2 is 1.74 bits per heavy atom. The fourth-order valence-electron chi connectivity index (χ4n) is 2.43. The van der Waals surface area contributed by atoms with Gasteiger partial charge in [-0.1, -0.05) is 19.3 Å². The van der Waals surface area contributed by atoms with Crippen molar-refractivity contribution < 1.29 is 17.9 Å². The lowest BCUT2D eigenvalue weighted by Gasteiger charge is -2.27. The molecule has 1 saturated carbocycles. The molecule has 2 amide bonds. The van der Waals surface area contributed by atoms with Crippen molar-refractivity contribution in [3.05, 3.63) is 0 Å². The van der Waals surface area contributed by atoms with E-state index in [-0.39, 0.29) is 19.1 Å². The van der Waals surface area contributed by atoms with Gasteiger partial charge in [0.1, 0.15) is 0 Å². The van der Waals surface area contributed by atoms with E-state index in [1.54, 1.807) is 0 Å². The van der Waals surface area contributed by atoms with E-state index in [4.69, 9.17) is 4.74 Å². The standard InChI is InChI=1S/C11H21N3O4S/c15-11(12-10-4-2-1-3-5-10)13-19(16,17)14-6-8-18-9-7-14/h10H,1-9H2,(H2,12,13,15). The van der Waals surface area contributed by atoms with E-state index < -0.39 is 16.2 Å². The highest BCUT2D eigenvalue weighted by Crippen LogP contribution is 2.17. The zero-order valence-electron chi connectivity index (χ0n) is 10.9. The molecule has 2 rings (SSSR count). The second-order valence-electron chi connectivity index (χ2n) is 4.93. The number of hydrogen-bond donors (Lipinski definition) is 2. The number of nitrogens with one attached hydrogen (secondary N) is 2. The molecule has 0 radical (unpaired) electrons. The number of amides is 2. The maximum Gasteiger partial charge on any atom is 0.329 e. The van der Waals surface area contributed by atoms with E-state index in [0.29, 0.717) is 13.2 Å². The first-order chi connectivity index (χ1) is 9.08. The average Bonchev–Trinajstić information content (AvgIpc) is 2.40. The molecule has 19 heavy (non-hydrogen) atoms. The lowest BCUT2D eigenvalue weighted by Crippen LogP contribution is -2.52. The van der Waals surface area contributed by atoms with Crippen LogP contribution in [-0.4, -0.2) is 51.1 Å². The molecule has 110 valence electrons. The third kappa shape index (κ3) is 4.32. The van der Waals surface area contributed by atoms with E-state index >= 15 is 0 Å². The van der Waals surface area contributed by atoms with Crippen LogP contribution in [-0.2, 0) is 14.9 Å². The van der Waals surface area contributed by atoms with Crippen LogP contribution in [0.5, 0.6) is 0 Å². The number of morpholine rings is 1. The number of carbonyl (C=O) groups is 1. The van der Waals surface area contributed by atoms with Crippen molar-refractivity contribution in [2.75, 3.05) is 26.3 Å². The Kier molecular flexibility index (Phi) is 5.00. The van der Waals surface area contributed by atoms with E-state index in [9.17, 15) is 13.2 Å². The lowest BCUT2D eigenvalue weighted by atomic mass is 9.96. The number of ether oxygens (including phenoxy) is 1. The SMILES string of the molecule is O=C(NC1CCCCC1)NS(=O)(=O)N1CCOCC1. The van der Waals surface area contributed by atoms with Gasteiger partial charge in [-0.05, 0) is 12.8 Å². The van der Waals surface area contributed by atoms with Gasteiger partial charge in [0, 0.05) is 19.1 Å². The molecule has 0 atom stereocenters. The van der Waals surface area contributed by atoms with E-state index in [2.05, 4.69) is 10.0 Å². The van der Waals surface area contributed by atoms with Gasteiger partial charge in [-0.15, -0.1) is 0 Å². The molecule has 7 nitrogen and oxygen atoms in total. The van der Waals surface area contributed by atoms with Crippen molar-refractivity contribution >= 4 is 16.2 Å². The number of nitrogens with zero attached hydrogens (tertiary/aromatic N) is 1. The molecule has 0 unspecified atom stereocenters. The maximum absolute atomic E-state index is 11.9. The quantitative estimate of drug-likeness (QED) is 0.777. The molecule has 1 heterocycles. The molecule has 1 aliphatic carbocycles. The van der Waals surface area contributed by atoms with Crippen LogP contribution in [0.1, 0.15) is 32.1 Å². The summed E-state index contributed by atoms with van der Waals surface area (Å²) < 4.78 is 32.3. The molecule has 0 aromatic heterocycles. The smallest absolute Gasteiger partial charge is 0.329 e. The van der Waals surface area contributed by atoms with Gasteiger partial charge in [0.15, 0.2) is 0 Å². The van der Waals surface area contributed by atoms with E-state index in [1.807, 2.05) is 0 Å².